The summed E-state index contributed by atoms with van der Waals surface area (Å²) in [5.41, 5.74) is 5.33. The van der Waals surface area contributed by atoms with Gasteiger partial charge in [0.15, 0.2) is 0 Å². The van der Waals surface area contributed by atoms with Crippen molar-refractivity contribution in [2.24, 2.45) is 11.8 Å². The first-order valence-electron chi connectivity index (χ1n) is 15.7. The van der Waals surface area contributed by atoms with Crippen molar-refractivity contribution in [2.75, 3.05) is 19.6 Å². The van der Waals surface area contributed by atoms with Crippen molar-refractivity contribution in [2.45, 2.75) is 115 Å². The number of carboxylic acids is 1. The minimum absolute atomic E-state index is 0. The molecular formula is C33H52Cl3FN4O2. The number of aryl methyl sites for hydroxylation is 2. The summed E-state index contributed by atoms with van der Waals surface area (Å²) in [6, 6.07) is 6.40. The van der Waals surface area contributed by atoms with Crippen LogP contribution in [-0.2, 0) is 29.6 Å². The quantitative estimate of drug-likeness (QED) is 0.282. The molecule has 5 rings (SSSR count). The fourth-order valence-corrected chi connectivity index (χ4v) is 8.07. The maximum Gasteiger partial charge on any atom is 0.320 e. The summed E-state index contributed by atoms with van der Waals surface area (Å²) < 4.78 is 16.6. The summed E-state index contributed by atoms with van der Waals surface area (Å²) in [7, 11) is 0. The van der Waals surface area contributed by atoms with E-state index >= 15 is 0 Å². The monoisotopic (exact) mass is 660 g/mol. The Kier molecular flexibility index (Phi) is 13.4. The summed E-state index contributed by atoms with van der Waals surface area (Å²) in [5.74, 6) is -0.504. The van der Waals surface area contributed by atoms with Gasteiger partial charge in [0.05, 0.1) is 5.69 Å². The molecule has 0 unspecified atom stereocenters. The second-order valence-electron chi connectivity index (χ2n) is 13.4. The summed E-state index contributed by atoms with van der Waals surface area (Å²) in [6.45, 7) is 14.6. The van der Waals surface area contributed by atoms with Gasteiger partial charge < -0.3 is 10.0 Å². The summed E-state index contributed by atoms with van der Waals surface area (Å²) in [5, 5.41) is 18.6. The average Bonchev–Trinajstić information content (AvgIpc) is 3.62. The van der Waals surface area contributed by atoms with E-state index in [1.54, 1.807) is 12.1 Å². The Balaban J connectivity index is 0.00000215. The van der Waals surface area contributed by atoms with Gasteiger partial charge in [-0.3, -0.25) is 14.8 Å². The van der Waals surface area contributed by atoms with Crippen molar-refractivity contribution in [3.8, 4) is 0 Å². The number of hydrogen-bond acceptors (Lipinski definition) is 4. The molecule has 0 bridgehead atoms. The Bertz CT molecular complexity index is 1210. The van der Waals surface area contributed by atoms with Crippen LogP contribution in [0.15, 0.2) is 24.3 Å². The summed E-state index contributed by atoms with van der Waals surface area (Å²) >= 11 is 0. The number of carboxylic acid groups (broad SMARTS) is 1. The first kappa shape index (κ1) is 37.8. The van der Waals surface area contributed by atoms with Crippen LogP contribution in [0.3, 0.4) is 0 Å². The zero-order chi connectivity index (χ0) is 28.7. The Morgan fingerprint density at radius 1 is 1.14 bits per heavy atom. The van der Waals surface area contributed by atoms with Gasteiger partial charge >= 0.3 is 5.97 Å². The predicted octanol–water partition coefficient (Wildman–Crippen LogP) is 7.19. The Morgan fingerprint density at radius 3 is 2.42 bits per heavy atom. The molecule has 1 spiro atoms. The van der Waals surface area contributed by atoms with Gasteiger partial charge in [-0.25, -0.2) is 4.39 Å². The lowest BCUT2D eigenvalue weighted by Crippen LogP contribution is -2.52. The topological polar surface area (TPSA) is 70.4 Å². The molecule has 43 heavy (non-hydrogen) atoms. The summed E-state index contributed by atoms with van der Waals surface area (Å²) in [4.78, 5) is 15.1. The first-order valence-corrected chi connectivity index (χ1v) is 15.7. The standard InChI is InChI=1S/C33H49FN4O2.3ClH/c1-6-28-26-12-13-33(30(26)38(8-3)36-28)14-16-37(17-15-33)21-24-18-23(29(31(39)40)35-32(4,5)7-2)20-27(24)22-10-9-11-25(34)19-22;;;/h9-11,19,23-24,27,29,35H,6-8,12-18,20-21H2,1-5H3,(H,39,40);3*1H/t23-,24+,27+,29-;;;/m0.../s1. The number of fused-ring (bicyclic) bond motifs is 2. The van der Waals surface area contributed by atoms with E-state index in [9.17, 15) is 14.3 Å². The van der Waals surface area contributed by atoms with Crippen molar-refractivity contribution in [3.05, 3.63) is 52.6 Å². The Labute approximate surface area is 276 Å². The second-order valence-corrected chi connectivity index (χ2v) is 13.4. The van der Waals surface area contributed by atoms with Crippen molar-refractivity contribution < 1.29 is 14.3 Å². The van der Waals surface area contributed by atoms with E-state index in [-0.39, 0.29) is 65.8 Å². The molecule has 1 aromatic carbocycles. The number of hydrogen-bond donors (Lipinski definition) is 2. The molecule has 3 aliphatic rings. The Hall–Kier alpha value is -1.38. The van der Waals surface area contributed by atoms with Crippen molar-refractivity contribution in [3.63, 3.8) is 0 Å². The Morgan fingerprint density at radius 2 is 1.84 bits per heavy atom. The van der Waals surface area contributed by atoms with E-state index in [1.807, 2.05) is 6.07 Å². The highest BCUT2D eigenvalue weighted by Gasteiger charge is 2.47. The van der Waals surface area contributed by atoms with Crippen LogP contribution in [0.5, 0.6) is 0 Å². The number of carbonyl (C=O) groups is 1. The highest BCUT2D eigenvalue weighted by Crippen LogP contribution is 2.49. The number of nitrogens with zero attached hydrogens (tertiary/aromatic N) is 3. The molecule has 1 aromatic heterocycles. The lowest BCUT2D eigenvalue weighted by atomic mass is 9.75. The molecule has 1 saturated heterocycles. The number of piperidine rings is 1. The van der Waals surface area contributed by atoms with Gasteiger partial charge in [0.1, 0.15) is 11.9 Å². The molecule has 1 aliphatic heterocycles. The molecule has 2 fully saturated rings. The van der Waals surface area contributed by atoms with E-state index < -0.39 is 12.0 Å². The van der Waals surface area contributed by atoms with Crippen LogP contribution in [0, 0.1) is 17.7 Å². The maximum atomic E-state index is 14.3. The van der Waals surface area contributed by atoms with Crippen LogP contribution in [0.2, 0.25) is 0 Å². The highest BCUT2D eigenvalue weighted by atomic mass is 35.5. The predicted molar refractivity (Wildman–Crippen MR) is 179 cm³/mol. The number of aromatic nitrogens is 2. The normalized spacial score (nSPS) is 23.6. The number of aliphatic carboxylic acids is 1. The van der Waals surface area contributed by atoms with E-state index in [4.69, 9.17) is 5.10 Å². The summed E-state index contributed by atoms with van der Waals surface area (Å²) in [6.07, 6.45) is 8.17. The fourth-order valence-electron chi connectivity index (χ4n) is 8.07. The minimum Gasteiger partial charge on any atom is -0.480 e. The molecule has 0 amide bonds. The third kappa shape index (κ3) is 7.71. The van der Waals surface area contributed by atoms with Gasteiger partial charge in [-0.2, -0.15) is 5.10 Å². The van der Waals surface area contributed by atoms with Crippen molar-refractivity contribution in [1.29, 1.82) is 0 Å². The number of likely N-dealkylation sites (tertiary alicyclic amines) is 1. The van der Waals surface area contributed by atoms with Crippen LogP contribution in [-0.4, -0.2) is 57.0 Å². The lowest BCUT2D eigenvalue weighted by Gasteiger charge is -2.41. The third-order valence-corrected chi connectivity index (χ3v) is 10.6. The van der Waals surface area contributed by atoms with E-state index in [0.717, 1.165) is 76.7 Å². The van der Waals surface area contributed by atoms with Crippen LogP contribution >= 0.6 is 37.2 Å². The first-order chi connectivity index (χ1) is 19.1. The smallest absolute Gasteiger partial charge is 0.320 e. The molecule has 1 saturated carbocycles. The van der Waals surface area contributed by atoms with E-state index in [1.165, 1.54) is 29.4 Å². The van der Waals surface area contributed by atoms with Crippen molar-refractivity contribution >= 4 is 43.2 Å². The molecule has 244 valence electrons. The fraction of sp³-hybridized carbons (Fsp3) is 0.697. The second kappa shape index (κ2) is 15.3. The van der Waals surface area contributed by atoms with Crippen molar-refractivity contribution in [1.82, 2.24) is 20.0 Å². The number of nitrogens with one attached hydrogen (secondary N) is 1. The zero-order valence-electron chi connectivity index (χ0n) is 26.4. The minimum atomic E-state index is -0.777. The van der Waals surface area contributed by atoms with Crippen LogP contribution in [0.25, 0.3) is 0 Å². The van der Waals surface area contributed by atoms with Gasteiger partial charge in [0.2, 0.25) is 0 Å². The van der Waals surface area contributed by atoms with Gasteiger partial charge in [0, 0.05) is 29.7 Å². The van der Waals surface area contributed by atoms with Gasteiger partial charge in [-0.1, -0.05) is 26.0 Å². The lowest BCUT2D eigenvalue weighted by molar-refractivity contribution is -0.141. The molecule has 4 atom stereocenters. The molecule has 2 aromatic rings. The van der Waals surface area contributed by atoms with Gasteiger partial charge in [-0.05, 0) is 126 Å². The maximum absolute atomic E-state index is 14.3. The molecule has 2 N–H and O–H groups in total. The van der Waals surface area contributed by atoms with E-state index in [2.05, 4.69) is 49.5 Å². The van der Waals surface area contributed by atoms with Crippen LogP contribution in [0.1, 0.15) is 102 Å². The molecule has 2 aliphatic carbocycles. The van der Waals surface area contributed by atoms with Crippen LogP contribution < -0.4 is 5.32 Å². The average molecular weight is 662 g/mol. The van der Waals surface area contributed by atoms with Gasteiger partial charge in [0.25, 0.3) is 0 Å². The number of rotatable bonds is 10. The van der Waals surface area contributed by atoms with E-state index in [0.29, 0.717) is 5.92 Å². The van der Waals surface area contributed by atoms with Gasteiger partial charge in [-0.15, -0.1) is 37.2 Å². The van der Waals surface area contributed by atoms with Crippen LogP contribution in [0.4, 0.5) is 4.39 Å². The molecule has 10 heteroatoms. The molecule has 0 radical (unpaired) electrons. The SMILES string of the molecule is CCc1nn(CC)c2c1CCC21CCN(C[C@H]2C[C@H]([C@H](NC(C)(C)CC)C(=O)O)C[C@@H]2c2cccc(F)c2)CC1.Cl.Cl.Cl. The highest BCUT2D eigenvalue weighted by molar-refractivity contribution is 5.86. The molecule has 6 nitrogen and oxygen atoms in total. The third-order valence-electron chi connectivity index (χ3n) is 10.6. The number of halogens is 4. The zero-order valence-corrected chi connectivity index (χ0v) is 28.9. The molecule has 2 heterocycles. The largest absolute Gasteiger partial charge is 0.480 e. The molecular weight excluding hydrogens is 610 g/mol. The number of benzene rings is 1.